The molecule has 0 saturated carbocycles. The Hall–Kier alpha value is -2.20. The summed E-state index contributed by atoms with van der Waals surface area (Å²) in [6.45, 7) is 4.07. The van der Waals surface area contributed by atoms with Gasteiger partial charge in [-0.2, -0.15) is 5.10 Å². The highest BCUT2D eigenvalue weighted by Crippen LogP contribution is 2.21. The van der Waals surface area contributed by atoms with Crippen LogP contribution in [0.3, 0.4) is 0 Å². The van der Waals surface area contributed by atoms with Crippen LogP contribution in [0.1, 0.15) is 25.6 Å². The lowest BCUT2D eigenvalue weighted by Gasteiger charge is -2.07. The second-order valence-corrected chi connectivity index (χ2v) is 5.49. The molecule has 3 aromatic rings. The van der Waals surface area contributed by atoms with Crippen molar-refractivity contribution in [1.29, 1.82) is 0 Å². The second-order valence-electron chi connectivity index (χ2n) is 5.10. The molecule has 0 aliphatic rings. The average Bonchev–Trinajstić information content (AvgIpc) is 2.97. The van der Waals surface area contributed by atoms with Gasteiger partial charge < -0.3 is 0 Å². The summed E-state index contributed by atoms with van der Waals surface area (Å²) >= 11 is 6.08. The zero-order valence-electron chi connectivity index (χ0n) is 11.9. The standard InChI is InChI=1S/C16H15ClN4/c1-11(2)16-19-14(17)8-15(20-16)21-10-13(9-18-21)12-6-4-3-5-7-12/h3-11H,1-2H3. The van der Waals surface area contributed by atoms with Crippen molar-refractivity contribution in [3.63, 3.8) is 0 Å². The van der Waals surface area contributed by atoms with Crippen LogP contribution in [-0.4, -0.2) is 19.7 Å². The van der Waals surface area contributed by atoms with Gasteiger partial charge in [0, 0.05) is 23.7 Å². The molecule has 0 aliphatic carbocycles. The smallest absolute Gasteiger partial charge is 0.158 e. The molecule has 5 heteroatoms. The zero-order chi connectivity index (χ0) is 14.8. The fraction of sp³-hybridized carbons (Fsp3) is 0.188. The van der Waals surface area contributed by atoms with Crippen LogP contribution < -0.4 is 0 Å². The number of nitrogens with zero attached hydrogens (tertiary/aromatic N) is 4. The van der Waals surface area contributed by atoms with E-state index in [1.165, 1.54) is 0 Å². The average molecular weight is 299 g/mol. The van der Waals surface area contributed by atoms with Crippen molar-refractivity contribution < 1.29 is 0 Å². The van der Waals surface area contributed by atoms with Crippen LogP contribution in [0.4, 0.5) is 0 Å². The van der Waals surface area contributed by atoms with Gasteiger partial charge in [-0.1, -0.05) is 55.8 Å². The molecule has 0 amide bonds. The van der Waals surface area contributed by atoms with E-state index in [1.807, 2.05) is 56.6 Å². The highest BCUT2D eigenvalue weighted by atomic mass is 35.5. The summed E-state index contributed by atoms with van der Waals surface area (Å²) in [5, 5.41) is 4.80. The Morgan fingerprint density at radius 1 is 1.05 bits per heavy atom. The third-order valence-corrected chi connectivity index (χ3v) is 3.33. The molecular formula is C16H15ClN4. The van der Waals surface area contributed by atoms with Crippen LogP contribution >= 0.6 is 11.6 Å². The summed E-state index contributed by atoms with van der Waals surface area (Å²) in [4.78, 5) is 8.75. The fourth-order valence-electron chi connectivity index (χ4n) is 2.03. The SMILES string of the molecule is CC(C)c1nc(Cl)cc(-n2cc(-c3ccccc3)cn2)n1. The van der Waals surface area contributed by atoms with E-state index in [0.717, 1.165) is 11.1 Å². The van der Waals surface area contributed by atoms with Gasteiger partial charge in [-0.15, -0.1) is 0 Å². The predicted octanol–water partition coefficient (Wildman–Crippen LogP) is 4.11. The summed E-state index contributed by atoms with van der Waals surface area (Å²) in [7, 11) is 0. The molecule has 0 fully saturated rings. The van der Waals surface area contributed by atoms with E-state index in [-0.39, 0.29) is 5.92 Å². The zero-order valence-corrected chi connectivity index (χ0v) is 12.6. The van der Waals surface area contributed by atoms with E-state index in [1.54, 1.807) is 10.7 Å². The lowest BCUT2D eigenvalue weighted by Crippen LogP contribution is -2.04. The van der Waals surface area contributed by atoms with Crippen LogP contribution in [-0.2, 0) is 0 Å². The van der Waals surface area contributed by atoms with Crippen molar-refractivity contribution in [3.8, 4) is 16.9 Å². The molecule has 2 heterocycles. The maximum Gasteiger partial charge on any atom is 0.158 e. The van der Waals surface area contributed by atoms with Gasteiger partial charge in [-0.3, -0.25) is 0 Å². The van der Waals surface area contributed by atoms with E-state index in [0.29, 0.717) is 16.8 Å². The van der Waals surface area contributed by atoms with Gasteiger partial charge >= 0.3 is 0 Å². The molecule has 0 radical (unpaired) electrons. The first-order chi connectivity index (χ1) is 10.1. The van der Waals surface area contributed by atoms with Gasteiger partial charge in [-0.25, -0.2) is 14.6 Å². The number of benzene rings is 1. The van der Waals surface area contributed by atoms with Crippen LogP contribution in [0.5, 0.6) is 0 Å². The Balaban J connectivity index is 2.00. The van der Waals surface area contributed by atoms with Crippen molar-refractivity contribution in [2.24, 2.45) is 0 Å². The van der Waals surface area contributed by atoms with Crippen LogP contribution in [0.15, 0.2) is 48.8 Å². The van der Waals surface area contributed by atoms with Gasteiger partial charge in [0.25, 0.3) is 0 Å². The fourth-order valence-corrected chi connectivity index (χ4v) is 2.21. The van der Waals surface area contributed by atoms with E-state index < -0.39 is 0 Å². The summed E-state index contributed by atoms with van der Waals surface area (Å²) in [6, 6.07) is 11.8. The Morgan fingerprint density at radius 2 is 1.81 bits per heavy atom. The van der Waals surface area contributed by atoms with Crippen LogP contribution in [0, 0.1) is 0 Å². The number of hydrogen-bond donors (Lipinski definition) is 0. The summed E-state index contributed by atoms with van der Waals surface area (Å²) in [5.41, 5.74) is 2.16. The molecule has 21 heavy (non-hydrogen) atoms. The van der Waals surface area contributed by atoms with Gasteiger partial charge in [0.15, 0.2) is 5.82 Å². The van der Waals surface area contributed by atoms with Gasteiger partial charge in [0.05, 0.1) is 6.20 Å². The van der Waals surface area contributed by atoms with Crippen LogP contribution in [0.2, 0.25) is 5.15 Å². The van der Waals surface area contributed by atoms with Crippen molar-refractivity contribution in [3.05, 3.63) is 59.8 Å². The minimum absolute atomic E-state index is 0.214. The highest BCUT2D eigenvalue weighted by Gasteiger charge is 2.10. The van der Waals surface area contributed by atoms with Gasteiger partial charge in [0.2, 0.25) is 0 Å². The molecule has 0 bridgehead atoms. The van der Waals surface area contributed by atoms with E-state index in [9.17, 15) is 0 Å². The first-order valence-electron chi connectivity index (χ1n) is 6.78. The molecule has 106 valence electrons. The third-order valence-electron chi connectivity index (χ3n) is 3.14. The number of rotatable bonds is 3. The second kappa shape index (κ2) is 5.66. The molecule has 0 N–H and O–H groups in total. The minimum Gasteiger partial charge on any atom is -0.222 e. The third kappa shape index (κ3) is 2.95. The first-order valence-corrected chi connectivity index (χ1v) is 7.16. The first kappa shape index (κ1) is 13.8. The molecule has 0 aliphatic heterocycles. The Labute approximate surface area is 128 Å². The maximum atomic E-state index is 6.08. The molecule has 0 saturated heterocycles. The molecule has 4 nitrogen and oxygen atoms in total. The lowest BCUT2D eigenvalue weighted by molar-refractivity contribution is 0.745. The molecule has 0 spiro atoms. The molecule has 2 aromatic heterocycles. The topological polar surface area (TPSA) is 43.6 Å². The van der Waals surface area contributed by atoms with Crippen LogP contribution in [0.25, 0.3) is 16.9 Å². The monoisotopic (exact) mass is 298 g/mol. The molecule has 3 rings (SSSR count). The van der Waals surface area contributed by atoms with E-state index >= 15 is 0 Å². The molecule has 0 unspecified atom stereocenters. The summed E-state index contributed by atoms with van der Waals surface area (Å²) in [5.74, 6) is 1.61. The van der Waals surface area contributed by atoms with Crippen molar-refractivity contribution in [1.82, 2.24) is 19.7 Å². The normalized spacial score (nSPS) is 11.0. The Kier molecular flexibility index (Phi) is 3.71. The largest absolute Gasteiger partial charge is 0.222 e. The molecule has 0 atom stereocenters. The van der Waals surface area contributed by atoms with Gasteiger partial charge in [-0.05, 0) is 5.56 Å². The van der Waals surface area contributed by atoms with E-state index in [4.69, 9.17) is 11.6 Å². The van der Waals surface area contributed by atoms with Crippen molar-refractivity contribution in [2.45, 2.75) is 19.8 Å². The Bertz CT molecular complexity index is 750. The number of halogens is 1. The highest BCUT2D eigenvalue weighted by molar-refractivity contribution is 6.29. The lowest BCUT2D eigenvalue weighted by atomic mass is 10.1. The maximum absolute atomic E-state index is 6.08. The number of aromatic nitrogens is 4. The molecule has 1 aromatic carbocycles. The quantitative estimate of drug-likeness (QED) is 0.684. The summed E-state index contributed by atoms with van der Waals surface area (Å²) < 4.78 is 1.72. The van der Waals surface area contributed by atoms with Gasteiger partial charge in [0.1, 0.15) is 11.0 Å². The van der Waals surface area contributed by atoms with Crippen molar-refractivity contribution in [2.75, 3.05) is 0 Å². The minimum atomic E-state index is 0.214. The number of hydrogen-bond acceptors (Lipinski definition) is 3. The van der Waals surface area contributed by atoms with E-state index in [2.05, 4.69) is 15.1 Å². The molecular weight excluding hydrogens is 284 g/mol. The Morgan fingerprint density at radius 3 is 2.52 bits per heavy atom. The predicted molar refractivity (Wildman–Crippen MR) is 83.7 cm³/mol. The van der Waals surface area contributed by atoms with Crippen molar-refractivity contribution >= 4 is 11.6 Å². The summed E-state index contributed by atoms with van der Waals surface area (Å²) in [6.07, 6.45) is 3.76.